The van der Waals surface area contributed by atoms with Gasteiger partial charge < -0.3 is 5.32 Å². The number of unbranched alkanes of at least 4 members (excludes halogenated alkanes) is 1. The SMILES string of the molecule is CCCCNS(=O)(=O)c1ccc(C(=O)Nc2cccc(Cl)c2)cc1. The number of halogens is 1. The van der Waals surface area contributed by atoms with E-state index in [4.69, 9.17) is 11.6 Å². The van der Waals surface area contributed by atoms with Gasteiger partial charge in [0.25, 0.3) is 5.91 Å². The van der Waals surface area contributed by atoms with Crippen LogP contribution in [0.3, 0.4) is 0 Å². The predicted octanol–water partition coefficient (Wildman–Crippen LogP) is 3.67. The van der Waals surface area contributed by atoms with Crippen LogP contribution in [0.1, 0.15) is 30.1 Å². The first-order valence-electron chi connectivity index (χ1n) is 7.59. The van der Waals surface area contributed by atoms with Crippen molar-refractivity contribution in [3.8, 4) is 0 Å². The van der Waals surface area contributed by atoms with E-state index in [0.717, 1.165) is 12.8 Å². The van der Waals surface area contributed by atoms with Crippen molar-refractivity contribution in [2.45, 2.75) is 24.7 Å². The first kappa shape index (κ1) is 18.4. The molecule has 2 N–H and O–H groups in total. The summed E-state index contributed by atoms with van der Waals surface area (Å²) in [7, 11) is -3.54. The molecular formula is C17H19ClN2O3S. The summed E-state index contributed by atoms with van der Waals surface area (Å²) >= 11 is 5.87. The van der Waals surface area contributed by atoms with Gasteiger partial charge in [0, 0.05) is 22.8 Å². The molecule has 24 heavy (non-hydrogen) atoms. The van der Waals surface area contributed by atoms with Crippen LogP contribution in [-0.2, 0) is 10.0 Å². The fourth-order valence-electron chi connectivity index (χ4n) is 2.02. The van der Waals surface area contributed by atoms with Gasteiger partial charge in [-0.3, -0.25) is 4.79 Å². The van der Waals surface area contributed by atoms with Gasteiger partial charge in [-0.15, -0.1) is 0 Å². The lowest BCUT2D eigenvalue weighted by Gasteiger charge is -2.08. The van der Waals surface area contributed by atoms with E-state index in [2.05, 4.69) is 10.0 Å². The number of anilines is 1. The maximum absolute atomic E-state index is 12.2. The molecule has 0 saturated heterocycles. The van der Waals surface area contributed by atoms with Gasteiger partial charge in [-0.05, 0) is 48.9 Å². The van der Waals surface area contributed by atoms with Crippen LogP contribution < -0.4 is 10.0 Å². The summed E-state index contributed by atoms with van der Waals surface area (Å²) in [5.74, 6) is -0.333. The van der Waals surface area contributed by atoms with E-state index in [1.165, 1.54) is 24.3 Å². The summed E-state index contributed by atoms with van der Waals surface area (Å²) in [6.07, 6.45) is 1.69. The van der Waals surface area contributed by atoms with E-state index in [0.29, 0.717) is 22.8 Å². The first-order valence-corrected chi connectivity index (χ1v) is 9.45. The minimum atomic E-state index is -3.54. The third-order valence-corrected chi connectivity index (χ3v) is 5.04. The average molecular weight is 367 g/mol. The molecule has 0 spiro atoms. The summed E-state index contributed by atoms with van der Waals surface area (Å²) in [6, 6.07) is 12.6. The number of nitrogens with one attached hydrogen (secondary N) is 2. The second-order valence-electron chi connectivity index (χ2n) is 5.24. The number of sulfonamides is 1. The minimum absolute atomic E-state index is 0.137. The highest BCUT2D eigenvalue weighted by atomic mass is 35.5. The molecule has 2 aromatic rings. The van der Waals surface area contributed by atoms with Crippen molar-refractivity contribution in [2.24, 2.45) is 0 Å². The lowest BCUT2D eigenvalue weighted by molar-refractivity contribution is 0.102. The topological polar surface area (TPSA) is 75.3 Å². The molecule has 1 amide bonds. The quantitative estimate of drug-likeness (QED) is 0.734. The van der Waals surface area contributed by atoms with Crippen LogP contribution in [0.5, 0.6) is 0 Å². The average Bonchev–Trinajstić information content (AvgIpc) is 2.55. The Hall–Kier alpha value is -1.89. The summed E-state index contributed by atoms with van der Waals surface area (Å²) < 4.78 is 26.7. The Morgan fingerprint density at radius 1 is 1.12 bits per heavy atom. The molecule has 0 heterocycles. The highest BCUT2D eigenvalue weighted by Crippen LogP contribution is 2.17. The number of rotatable bonds is 7. The normalized spacial score (nSPS) is 11.2. The predicted molar refractivity (Wildman–Crippen MR) is 95.9 cm³/mol. The number of hydrogen-bond acceptors (Lipinski definition) is 3. The van der Waals surface area contributed by atoms with Crippen molar-refractivity contribution in [1.82, 2.24) is 4.72 Å². The molecule has 0 aliphatic carbocycles. The summed E-state index contributed by atoms with van der Waals surface area (Å²) in [5, 5.41) is 3.23. The Balaban J connectivity index is 2.07. The minimum Gasteiger partial charge on any atom is -0.322 e. The molecule has 5 nitrogen and oxygen atoms in total. The second-order valence-corrected chi connectivity index (χ2v) is 7.44. The van der Waals surface area contributed by atoms with Gasteiger partial charge in [0.15, 0.2) is 0 Å². The van der Waals surface area contributed by atoms with Gasteiger partial charge in [0.2, 0.25) is 10.0 Å². The van der Waals surface area contributed by atoms with Crippen molar-refractivity contribution < 1.29 is 13.2 Å². The maximum Gasteiger partial charge on any atom is 0.255 e. The van der Waals surface area contributed by atoms with E-state index < -0.39 is 10.0 Å². The molecule has 2 aromatic carbocycles. The van der Waals surface area contributed by atoms with E-state index in [1.54, 1.807) is 24.3 Å². The Labute approximate surface area is 147 Å². The molecule has 0 bridgehead atoms. The molecule has 2 rings (SSSR count). The number of hydrogen-bond donors (Lipinski definition) is 2. The maximum atomic E-state index is 12.2. The molecule has 0 saturated carbocycles. The molecule has 0 aliphatic rings. The number of carbonyl (C=O) groups excluding carboxylic acids is 1. The first-order chi connectivity index (χ1) is 11.4. The Morgan fingerprint density at radius 3 is 2.46 bits per heavy atom. The summed E-state index contributed by atoms with van der Waals surface area (Å²) in [5.41, 5.74) is 0.938. The number of benzene rings is 2. The van der Waals surface area contributed by atoms with Crippen molar-refractivity contribution in [3.63, 3.8) is 0 Å². The summed E-state index contributed by atoms with van der Waals surface area (Å²) in [6.45, 7) is 2.39. The van der Waals surface area contributed by atoms with Crippen molar-refractivity contribution in [2.75, 3.05) is 11.9 Å². The van der Waals surface area contributed by atoms with Gasteiger partial charge in [0.1, 0.15) is 0 Å². The smallest absolute Gasteiger partial charge is 0.255 e. The van der Waals surface area contributed by atoms with Gasteiger partial charge in [0.05, 0.1) is 4.90 Å². The van der Waals surface area contributed by atoms with Crippen molar-refractivity contribution >= 4 is 33.2 Å². The molecule has 0 aliphatic heterocycles. The molecule has 0 aromatic heterocycles. The van der Waals surface area contributed by atoms with Gasteiger partial charge >= 0.3 is 0 Å². The Kier molecular flexibility index (Phi) is 6.36. The lowest BCUT2D eigenvalue weighted by atomic mass is 10.2. The van der Waals surface area contributed by atoms with Crippen LogP contribution in [0.15, 0.2) is 53.4 Å². The zero-order valence-corrected chi connectivity index (χ0v) is 14.8. The lowest BCUT2D eigenvalue weighted by Crippen LogP contribution is -2.24. The van der Waals surface area contributed by atoms with E-state index in [1.807, 2.05) is 6.92 Å². The third-order valence-electron chi connectivity index (χ3n) is 3.33. The van der Waals surface area contributed by atoms with Crippen LogP contribution in [-0.4, -0.2) is 20.9 Å². The van der Waals surface area contributed by atoms with E-state index in [9.17, 15) is 13.2 Å². The fourth-order valence-corrected chi connectivity index (χ4v) is 3.29. The standard InChI is InChI=1S/C17H19ClN2O3S/c1-2-3-11-19-24(22,23)16-9-7-13(8-10-16)17(21)20-15-6-4-5-14(18)12-15/h4-10,12,19H,2-3,11H2,1H3,(H,20,21). The van der Waals surface area contributed by atoms with Crippen LogP contribution in [0, 0.1) is 0 Å². The summed E-state index contributed by atoms with van der Waals surface area (Å²) in [4.78, 5) is 12.3. The second kappa shape index (κ2) is 8.28. The Bertz CT molecular complexity index is 805. The van der Waals surface area contributed by atoms with Gasteiger partial charge in [-0.1, -0.05) is 31.0 Å². The van der Waals surface area contributed by atoms with Crippen LogP contribution in [0.25, 0.3) is 0 Å². The number of carbonyl (C=O) groups is 1. The monoisotopic (exact) mass is 366 g/mol. The highest BCUT2D eigenvalue weighted by molar-refractivity contribution is 7.89. The van der Waals surface area contributed by atoms with Crippen LogP contribution in [0.2, 0.25) is 5.02 Å². The van der Waals surface area contributed by atoms with E-state index in [-0.39, 0.29) is 10.8 Å². The molecular weight excluding hydrogens is 348 g/mol. The van der Waals surface area contributed by atoms with Crippen molar-refractivity contribution in [1.29, 1.82) is 0 Å². The molecule has 0 atom stereocenters. The van der Waals surface area contributed by atoms with Gasteiger partial charge in [-0.2, -0.15) is 0 Å². The highest BCUT2D eigenvalue weighted by Gasteiger charge is 2.14. The third kappa shape index (κ3) is 5.06. The van der Waals surface area contributed by atoms with Crippen molar-refractivity contribution in [3.05, 3.63) is 59.1 Å². The van der Waals surface area contributed by atoms with E-state index >= 15 is 0 Å². The molecule has 128 valence electrons. The zero-order chi connectivity index (χ0) is 17.6. The molecule has 0 fully saturated rings. The van der Waals surface area contributed by atoms with Crippen LogP contribution >= 0.6 is 11.6 Å². The molecule has 0 radical (unpaired) electrons. The number of amides is 1. The largest absolute Gasteiger partial charge is 0.322 e. The molecule has 0 unspecified atom stereocenters. The zero-order valence-electron chi connectivity index (χ0n) is 13.3. The van der Waals surface area contributed by atoms with Crippen LogP contribution in [0.4, 0.5) is 5.69 Å². The van der Waals surface area contributed by atoms with Gasteiger partial charge in [-0.25, -0.2) is 13.1 Å². The Morgan fingerprint density at radius 2 is 1.83 bits per heavy atom. The fraction of sp³-hybridized carbons (Fsp3) is 0.235. The molecule has 7 heteroatoms.